The zero-order chi connectivity index (χ0) is 17.3. The highest BCUT2D eigenvalue weighted by Crippen LogP contribution is 2.48. The zero-order valence-corrected chi connectivity index (χ0v) is 13.3. The van der Waals surface area contributed by atoms with Crippen LogP contribution in [-0.2, 0) is 4.79 Å². The van der Waals surface area contributed by atoms with Crippen LogP contribution in [0.15, 0.2) is 30.3 Å². The van der Waals surface area contributed by atoms with Gasteiger partial charge in [0, 0.05) is 25.0 Å². The first-order valence-electron chi connectivity index (χ1n) is 8.42. The first-order chi connectivity index (χ1) is 11.4. The summed E-state index contributed by atoms with van der Waals surface area (Å²) in [6.07, 6.45) is -2.11. The van der Waals surface area contributed by atoms with Crippen LogP contribution in [0.3, 0.4) is 0 Å². The fourth-order valence-electron chi connectivity index (χ4n) is 4.44. The topological polar surface area (TPSA) is 49.3 Å². The lowest BCUT2D eigenvalue weighted by Gasteiger charge is -2.31. The van der Waals surface area contributed by atoms with Crippen LogP contribution in [0.4, 0.5) is 13.2 Å². The third kappa shape index (κ3) is 3.43. The van der Waals surface area contributed by atoms with Gasteiger partial charge in [0.2, 0.25) is 5.91 Å². The van der Waals surface area contributed by atoms with Crippen LogP contribution in [0, 0.1) is 17.8 Å². The van der Waals surface area contributed by atoms with Crippen molar-refractivity contribution < 1.29 is 23.1 Å². The second-order valence-electron chi connectivity index (χ2n) is 6.98. The van der Waals surface area contributed by atoms with Gasteiger partial charge in [0.25, 0.3) is 0 Å². The quantitative estimate of drug-likeness (QED) is 0.864. The van der Waals surface area contributed by atoms with Crippen LogP contribution < -0.4 is 5.32 Å². The number of fused-ring (bicyclic) bond motifs is 2. The summed E-state index contributed by atoms with van der Waals surface area (Å²) >= 11 is 0. The van der Waals surface area contributed by atoms with E-state index in [0.717, 1.165) is 19.3 Å². The maximum Gasteiger partial charge on any atom is 0.396 e. The lowest BCUT2D eigenvalue weighted by molar-refractivity contribution is -0.157. The summed E-state index contributed by atoms with van der Waals surface area (Å²) in [5.74, 6) is -1.73. The van der Waals surface area contributed by atoms with E-state index in [4.69, 9.17) is 0 Å². The van der Waals surface area contributed by atoms with E-state index in [9.17, 15) is 23.1 Å². The molecule has 3 rings (SSSR count). The van der Waals surface area contributed by atoms with Gasteiger partial charge in [0.15, 0.2) is 0 Å². The van der Waals surface area contributed by atoms with Crippen LogP contribution in [0.5, 0.6) is 0 Å². The minimum atomic E-state index is -4.47. The van der Waals surface area contributed by atoms with Crippen molar-refractivity contribution in [2.75, 3.05) is 6.61 Å². The molecule has 0 saturated heterocycles. The van der Waals surface area contributed by atoms with Crippen molar-refractivity contribution in [3.05, 3.63) is 35.9 Å². The van der Waals surface area contributed by atoms with Crippen LogP contribution in [0.2, 0.25) is 0 Å². The molecule has 0 spiro atoms. The Balaban J connectivity index is 1.68. The van der Waals surface area contributed by atoms with Gasteiger partial charge in [-0.1, -0.05) is 30.3 Å². The molecule has 3 nitrogen and oxygen atoms in total. The maximum absolute atomic E-state index is 13.4. The van der Waals surface area contributed by atoms with Gasteiger partial charge in [-0.3, -0.25) is 4.79 Å². The molecule has 2 aliphatic rings. The van der Waals surface area contributed by atoms with Gasteiger partial charge in [0.1, 0.15) is 0 Å². The molecule has 0 heterocycles. The average Bonchev–Trinajstić information content (AvgIpc) is 3.13. The predicted molar refractivity (Wildman–Crippen MR) is 83.2 cm³/mol. The molecule has 2 bridgehead atoms. The molecule has 24 heavy (non-hydrogen) atoms. The maximum atomic E-state index is 13.4. The Hall–Kier alpha value is -1.56. The molecule has 0 aliphatic heterocycles. The molecule has 2 aliphatic carbocycles. The van der Waals surface area contributed by atoms with Crippen molar-refractivity contribution in [1.29, 1.82) is 0 Å². The van der Waals surface area contributed by atoms with Crippen molar-refractivity contribution in [3.63, 3.8) is 0 Å². The Morgan fingerprint density at radius 2 is 1.88 bits per heavy atom. The smallest absolute Gasteiger partial charge is 0.396 e. The molecule has 1 aromatic carbocycles. The molecule has 2 saturated carbocycles. The number of hydrogen-bond donors (Lipinski definition) is 2. The second kappa shape index (κ2) is 6.75. The summed E-state index contributed by atoms with van der Waals surface area (Å²) in [6.45, 7) is -0.0203. The average molecular weight is 341 g/mol. The molecule has 2 fully saturated rings. The molecule has 132 valence electrons. The highest BCUT2D eigenvalue weighted by atomic mass is 19.4. The number of carbonyl (C=O) groups excluding carboxylic acids is 1. The van der Waals surface area contributed by atoms with E-state index < -0.39 is 24.4 Å². The fourth-order valence-corrected chi connectivity index (χ4v) is 4.44. The molecular formula is C18H22F3NO2. The van der Waals surface area contributed by atoms with Crippen molar-refractivity contribution >= 4 is 5.91 Å². The number of aliphatic hydroxyl groups excluding tert-OH is 1. The second-order valence-corrected chi connectivity index (χ2v) is 6.98. The third-order valence-corrected chi connectivity index (χ3v) is 5.61. The van der Waals surface area contributed by atoms with E-state index in [1.807, 2.05) is 0 Å². The molecule has 0 radical (unpaired) electrons. The molecule has 1 amide bonds. The molecule has 5 atom stereocenters. The Labute approximate surface area is 139 Å². The number of hydrogen-bond acceptors (Lipinski definition) is 2. The van der Waals surface area contributed by atoms with E-state index in [0.29, 0.717) is 5.92 Å². The molecule has 6 heteroatoms. The Morgan fingerprint density at radius 3 is 2.50 bits per heavy atom. The normalized spacial score (nSPS) is 30.3. The van der Waals surface area contributed by atoms with E-state index in [-0.39, 0.29) is 30.0 Å². The number of aliphatic hydroxyl groups is 1. The summed E-state index contributed by atoms with van der Waals surface area (Å²) in [7, 11) is 0. The molecule has 1 aromatic rings. The van der Waals surface area contributed by atoms with E-state index in [1.54, 1.807) is 18.2 Å². The molecular weight excluding hydrogens is 319 g/mol. The number of amides is 1. The van der Waals surface area contributed by atoms with Crippen LogP contribution in [0.25, 0.3) is 0 Å². The molecule has 5 unspecified atom stereocenters. The highest BCUT2D eigenvalue weighted by Gasteiger charge is 2.48. The van der Waals surface area contributed by atoms with Crippen LogP contribution in [-0.4, -0.2) is 29.8 Å². The van der Waals surface area contributed by atoms with E-state index in [2.05, 4.69) is 5.32 Å². The largest absolute Gasteiger partial charge is 0.396 e. The van der Waals surface area contributed by atoms with E-state index >= 15 is 0 Å². The van der Waals surface area contributed by atoms with Gasteiger partial charge >= 0.3 is 6.18 Å². The summed E-state index contributed by atoms with van der Waals surface area (Å²) < 4.78 is 40.1. The number of alkyl halides is 3. The highest BCUT2D eigenvalue weighted by molar-refractivity contribution is 5.77. The van der Waals surface area contributed by atoms with Gasteiger partial charge in [0.05, 0.1) is 5.92 Å². The van der Waals surface area contributed by atoms with Crippen LogP contribution >= 0.6 is 0 Å². The number of rotatable bonds is 5. The lowest BCUT2D eigenvalue weighted by atomic mass is 9.84. The van der Waals surface area contributed by atoms with Crippen molar-refractivity contribution in [3.8, 4) is 0 Å². The predicted octanol–water partition coefficient (Wildman–Crippen LogP) is 3.25. The van der Waals surface area contributed by atoms with Crippen molar-refractivity contribution in [1.82, 2.24) is 5.32 Å². The monoisotopic (exact) mass is 341 g/mol. The van der Waals surface area contributed by atoms with Gasteiger partial charge < -0.3 is 10.4 Å². The van der Waals surface area contributed by atoms with Gasteiger partial charge in [-0.15, -0.1) is 0 Å². The standard InChI is InChI=1S/C18H22F3NO2/c19-18(20,21)15(11-4-2-1-3-5-11)9-16(24)22-17-13-7-6-12(8-13)14(17)10-23/h1-5,12-15,17,23H,6-10H2,(H,22,24). The number of carbonyl (C=O) groups is 1. The SMILES string of the molecule is O=C(CC(c1ccccc1)C(F)(F)F)NC1C2CCC(C2)C1CO. The first-order valence-corrected chi connectivity index (χ1v) is 8.42. The Morgan fingerprint density at radius 1 is 1.21 bits per heavy atom. The first kappa shape index (κ1) is 17.3. The summed E-state index contributed by atoms with van der Waals surface area (Å²) in [5.41, 5.74) is 0.104. The van der Waals surface area contributed by atoms with Gasteiger partial charge in [-0.25, -0.2) is 0 Å². The lowest BCUT2D eigenvalue weighted by Crippen LogP contribution is -2.46. The number of halogens is 3. The molecule has 2 N–H and O–H groups in total. The van der Waals surface area contributed by atoms with E-state index in [1.165, 1.54) is 12.1 Å². The van der Waals surface area contributed by atoms with Gasteiger partial charge in [-0.2, -0.15) is 13.2 Å². The van der Waals surface area contributed by atoms with Gasteiger partial charge in [-0.05, 0) is 36.7 Å². The fraction of sp³-hybridized carbons (Fsp3) is 0.611. The molecule has 0 aromatic heterocycles. The summed E-state index contributed by atoms with van der Waals surface area (Å²) in [4.78, 5) is 12.3. The number of benzene rings is 1. The minimum Gasteiger partial charge on any atom is -0.396 e. The summed E-state index contributed by atoms with van der Waals surface area (Å²) in [6, 6.07) is 7.36. The Kier molecular flexibility index (Phi) is 4.85. The van der Waals surface area contributed by atoms with Crippen molar-refractivity contribution in [2.24, 2.45) is 17.8 Å². The Bertz CT molecular complexity index is 575. The van der Waals surface area contributed by atoms with Crippen LogP contribution in [0.1, 0.15) is 37.2 Å². The minimum absolute atomic E-state index is 0.0197. The zero-order valence-electron chi connectivity index (χ0n) is 13.3. The number of nitrogens with one attached hydrogen (secondary N) is 1. The third-order valence-electron chi connectivity index (χ3n) is 5.61. The van der Waals surface area contributed by atoms with Crippen molar-refractivity contribution in [2.45, 2.75) is 43.8 Å². The summed E-state index contributed by atoms with van der Waals surface area (Å²) in [5, 5.41) is 12.3.